The second kappa shape index (κ2) is 5.79. The van der Waals surface area contributed by atoms with Crippen LogP contribution >= 0.6 is 0 Å². The van der Waals surface area contributed by atoms with Crippen LogP contribution < -0.4 is 5.73 Å². The van der Waals surface area contributed by atoms with Crippen LogP contribution in [0.2, 0.25) is 0 Å². The van der Waals surface area contributed by atoms with E-state index in [1.54, 1.807) is 18.3 Å². The van der Waals surface area contributed by atoms with Crippen LogP contribution in [0.5, 0.6) is 0 Å². The molecule has 0 atom stereocenters. The summed E-state index contributed by atoms with van der Waals surface area (Å²) < 4.78 is 1.45. The number of aryl methyl sites for hydroxylation is 3. The molecule has 0 aliphatic rings. The van der Waals surface area contributed by atoms with Crippen molar-refractivity contribution in [1.29, 1.82) is 0 Å². The zero-order valence-electron chi connectivity index (χ0n) is 11.5. The van der Waals surface area contributed by atoms with E-state index >= 15 is 0 Å². The molecule has 106 valence electrons. The minimum atomic E-state index is -0.400. The Morgan fingerprint density at radius 1 is 1.35 bits per heavy atom. The molecule has 7 nitrogen and oxygen atoms in total. The first-order valence-corrected chi connectivity index (χ1v) is 6.40. The van der Waals surface area contributed by atoms with Crippen LogP contribution in [0.15, 0.2) is 18.3 Å². The fraction of sp³-hybridized carbons (Fsp3) is 0.385. The molecule has 1 heterocycles. The Morgan fingerprint density at radius 2 is 2.05 bits per heavy atom. The number of hydrogen-bond acceptors (Lipinski definition) is 5. The average Bonchev–Trinajstić information content (AvgIpc) is 2.87. The predicted molar refractivity (Wildman–Crippen MR) is 74.9 cm³/mol. The monoisotopic (exact) mass is 275 g/mol. The molecule has 2 N–H and O–H groups in total. The van der Waals surface area contributed by atoms with E-state index in [0.29, 0.717) is 12.2 Å². The minimum Gasteiger partial charge on any atom is -0.330 e. The van der Waals surface area contributed by atoms with Crippen LogP contribution in [0.1, 0.15) is 23.2 Å². The van der Waals surface area contributed by atoms with Gasteiger partial charge in [-0.05, 0) is 50.4 Å². The van der Waals surface area contributed by atoms with Gasteiger partial charge in [0.05, 0.1) is 16.8 Å². The molecule has 0 bridgehead atoms. The molecule has 7 heteroatoms. The summed E-state index contributed by atoms with van der Waals surface area (Å²) in [5, 5.41) is 19.2. The summed E-state index contributed by atoms with van der Waals surface area (Å²) in [5.74, 6) is 0. The van der Waals surface area contributed by atoms with Gasteiger partial charge in [-0.2, -0.15) is 0 Å². The Labute approximate surface area is 116 Å². The average molecular weight is 275 g/mol. The van der Waals surface area contributed by atoms with Gasteiger partial charge in [0.25, 0.3) is 5.69 Å². The van der Waals surface area contributed by atoms with Gasteiger partial charge in [0.15, 0.2) is 0 Å². The fourth-order valence-corrected chi connectivity index (χ4v) is 1.93. The van der Waals surface area contributed by atoms with Gasteiger partial charge >= 0.3 is 0 Å². The number of rotatable bonds is 5. The maximum absolute atomic E-state index is 11.2. The largest absolute Gasteiger partial charge is 0.330 e. The molecule has 0 spiro atoms. The minimum absolute atomic E-state index is 0.0309. The van der Waals surface area contributed by atoms with Crippen molar-refractivity contribution >= 4 is 5.69 Å². The van der Waals surface area contributed by atoms with Crippen LogP contribution in [0, 0.1) is 24.0 Å². The molecule has 0 aliphatic heterocycles. The van der Waals surface area contributed by atoms with E-state index in [2.05, 4.69) is 10.3 Å². The summed E-state index contributed by atoms with van der Waals surface area (Å²) in [6.45, 7) is 4.34. The van der Waals surface area contributed by atoms with Crippen molar-refractivity contribution in [1.82, 2.24) is 15.0 Å². The van der Waals surface area contributed by atoms with Gasteiger partial charge in [0.2, 0.25) is 0 Å². The number of nitro groups is 1. The van der Waals surface area contributed by atoms with Crippen molar-refractivity contribution in [2.75, 3.05) is 6.54 Å². The van der Waals surface area contributed by atoms with Crippen molar-refractivity contribution < 1.29 is 4.92 Å². The predicted octanol–water partition coefficient (Wildman–Crippen LogP) is 1.68. The van der Waals surface area contributed by atoms with E-state index < -0.39 is 4.92 Å². The lowest BCUT2D eigenvalue weighted by molar-refractivity contribution is -0.384. The van der Waals surface area contributed by atoms with Gasteiger partial charge in [-0.3, -0.25) is 10.1 Å². The summed E-state index contributed by atoms with van der Waals surface area (Å²) >= 11 is 0. The molecule has 1 aromatic carbocycles. The summed E-state index contributed by atoms with van der Waals surface area (Å²) in [7, 11) is 0. The molecular formula is C13H17N5O2. The SMILES string of the molecule is Cc1cc(-n2cc(CCCN)nn2)c([N+](=O)[O-])cc1C. The highest BCUT2D eigenvalue weighted by atomic mass is 16.6. The first kappa shape index (κ1) is 14.1. The van der Waals surface area contributed by atoms with Gasteiger partial charge in [-0.15, -0.1) is 5.10 Å². The lowest BCUT2D eigenvalue weighted by Crippen LogP contribution is -2.02. The molecule has 0 radical (unpaired) electrons. The standard InChI is InChI=1S/C13H17N5O2/c1-9-6-12(13(18(19)20)7-10(9)2)17-8-11(15-16-17)4-3-5-14/h6-8H,3-5,14H2,1-2H3. The third-order valence-electron chi connectivity index (χ3n) is 3.21. The lowest BCUT2D eigenvalue weighted by Gasteiger charge is -2.06. The second-order valence-corrected chi connectivity index (χ2v) is 4.73. The number of nitrogens with two attached hydrogens (primary N) is 1. The molecule has 2 aromatic rings. The number of nitrogens with zero attached hydrogens (tertiary/aromatic N) is 4. The van der Waals surface area contributed by atoms with E-state index in [0.717, 1.165) is 29.7 Å². The Morgan fingerprint density at radius 3 is 2.70 bits per heavy atom. The molecular weight excluding hydrogens is 258 g/mol. The van der Waals surface area contributed by atoms with Crippen LogP contribution in [0.25, 0.3) is 5.69 Å². The van der Waals surface area contributed by atoms with Crippen LogP contribution in [0.3, 0.4) is 0 Å². The van der Waals surface area contributed by atoms with Gasteiger partial charge in [-0.1, -0.05) is 5.21 Å². The molecule has 0 saturated heterocycles. The second-order valence-electron chi connectivity index (χ2n) is 4.73. The van der Waals surface area contributed by atoms with Crippen LogP contribution in [-0.4, -0.2) is 26.5 Å². The summed E-state index contributed by atoms with van der Waals surface area (Å²) in [4.78, 5) is 10.8. The molecule has 0 saturated carbocycles. The fourth-order valence-electron chi connectivity index (χ4n) is 1.93. The number of nitro benzene ring substituents is 1. The van der Waals surface area contributed by atoms with Crippen molar-refractivity contribution in [3.63, 3.8) is 0 Å². The third kappa shape index (κ3) is 2.83. The maximum Gasteiger partial charge on any atom is 0.295 e. The molecule has 0 amide bonds. The summed E-state index contributed by atoms with van der Waals surface area (Å²) in [6, 6.07) is 3.32. The van der Waals surface area contributed by atoms with Gasteiger partial charge in [0.1, 0.15) is 5.69 Å². The van der Waals surface area contributed by atoms with Crippen molar-refractivity contribution in [3.05, 3.63) is 45.3 Å². The summed E-state index contributed by atoms with van der Waals surface area (Å²) in [5.41, 5.74) is 8.55. The highest BCUT2D eigenvalue weighted by Crippen LogP contribution is 2.26. The van der Waals surface area contributed by atoms with E-state index in [-0.39, 0.29) is 5.69 Å². The Hall–Kier alpha value is -2.28. The van der Waals surface area contributed by atoms with Gasteiger partial charge in [-0.25, -0.2) is 4.68 Å². The van der Waals surface area contributed by atoms with Crippen LogP contribution in [-0.2, 0) is 6.42 Å². The van der Waals surface area contributed by atoms with Crippen molar-refractivity contribution in [2.45, 2.75) is 26.7 Å². The van der Waals surface area contributed by atoms with Crippen LogP contribution in [0.4, 0.5) is 5.69 Å². The topological polar surface area (TPSA) is 99.9 Å². The highest BCUT2D eigenvalue weighted by molar-refractivity contribution is 5.56. The van der Waals surface area contributed by atoms with Gasteiger partial charge < -0.3 is 5.73 Å². The number of hydrogen-bond donors (Lipinski definition) is 1. The highest BCUT2D eigenvalue weighted by Gasteiger charge is 2.18. The Balaban J connectivity index is 2.43. The maximum atomic E-state index is 11.2. The summed E-state index contributed by atoms with van der Waals surface area (Å²) in [6.07, 6.45) is 3.25. The first-order valence-electron chi connectivity index (χ1n) is 6.40. The Bertz CT molecular complexity index is 636. The molecule has 1 aromatic heterocycles. The molecule has 0 unspecified atom stereocenters. The van der Waals surface area contributed by atoms with E-state index in [4.69, 9.17) is 5.73 Å². The normalized spacial score (nSPS) is 10.8. The number of benzene rings is 1. The molecule has 0 aliphatic carbocycles. The van der Waals surface area contributed by atoms with E-state index in [1.165, 1.54) is 4.68 Å². The zero-order chi connectivity index (χ0) is 14.7. The van der Waals surface area contributed by atoms with E-state index in [1.807, 2.05) is 13.8 Å². The lowest BCUT2D eigenvalue weighted by atomic mass is 10.1. The molecule has 20 heavy (non-hydrogen) atoms. The smallest absolute Gasteiger partial charge is 0.295 e. The van der Waals surface area contributed by atoms with Crippen molar-refractivity contribution in [2.24, 2.45) is 5.73 Å². The molecule has 2 rings (SSSR count). The molecule has 0 fully saturated rings. The number of aromatic nitrogens is 3. The first-order chi connectivity index (χ1) is 9.52. The Kier molecular flexibility index (Phi) is 4.09. The van der Waals surface area contributed by atoms with Crippen molar-refractivity contribution in [3.8, 4) is 5.69 Å². The zero-order valence-corrected chi connectivity index (χ0v) is 11.5. The van der Waals surface area contributed by atoms with E-state index in [9.17, 15) is 10.1 Å². The third-order valence-corrected chi connectivity index (χ3v) is 3.21. The van der Waals surface area contributed by atoms with Gasteiger partial charge in [0, 0.05) is 6.07 Å². The quantitative estimate of drug-likeness (QED) is 0.661.